The molecule has 3 rings (SSSR count). The molecule has 0 radical (unpaired) electrons. The second-order valence-corrected chi connectivity index (χ2v) is 8.46. The van der Waals surface area contributed by atoms with Crippen molar-refractivity contribution >= 4 is 50.9 Å². The molecule has 0 aliphatic heterocycles. The van der Waals surface area contributed by atoms with Crippen LogP contribution in [0.15, 0.2) is 52.1 Å². The highest BCUT2D eigenvalue weighted by molar-refractivity contribution is 9.10. The predicted octanol–water partition coefficient (Wildman–Crippen LogP) is 4.50. The zero-order valence-electron chi connectivity index (χ0n) is 14.6. The minimum atomic E-state index is -0.429. The summed E-state index contributed by atoms with van der Waals surface area (Å²) in [6, 6.07) is 13.0. The quantitative estimate of drug-likeness (QED) is 0.427. The fraction of sp³-hybridized carbons (Fsp3) is 0.167. The Bertz CT molecular complexity index is 994. The molecule has 1 aromatic heterocycles. The van der Waals surface area contributed by atoms with Gasteiger partial charge in [0.2, 0.25) is 11.1 Å². The van der Waals surface area contributed by atoms with Crippen LogP contribution < -0.4 is 11.2 Å². The average Bonchev–Trinajstić information content (AvgIpc) is 2.99. The van der Waals surface area contributed by atoms with Gasteiger partial charge in [-0.15, -0.1) is 10.2 Å². The maximum absolute atomic E-state index is 12.5. The number of nitrogens with one attached hydrogen (secondary N) is 1. The van der Waals surface area contributed by atoms with Crippen molar-refractivity contribution in [1.82, 2.24) is 14.9 Å². The van der Waals surface area contributed by atoms with Crippen molar-refractivity contribution in [3.63, 3.8) is 0 Å². The first-order valence-corrected chi connectivity index (χ1v) is 10.1. The van der Waals surface area contributed by atoms with Gasteiger partial charge >= 0.3 is 0 Å². The Morgan fingerprint density at radius 3 is 2.78 bits per heavy atom. The Labute approximate surface area is 174 Å². The van der Waals surface area contributed by atoms with Crippen molar-refractivity contribution in [2.45, 2.75) is 24.3 Å². The molecule has 0 aliphatic carbocycles. The summed E-state index contributed by atoms with van der Waals surface area (Å²) in [5.74, 6) is 6.50. The lowest BCUT2D eigenvalue weighted by atomic mass is 10.2. The summed E-state index contributed by atoms with van der Waals surface area (Å²) >= 11 is 10.7. The molecule has 1 amide bonds. The third-order valence-electron chi connectivity index (χ3n) is 3.89. The number of hydrogen-bond donors (Lipinski definition) is 2. The molecule has 2 aromatic carbocycles. The van der Waals surface area contributed by atoms with E-state index in [-0.39, 0.29) is 5.91 Å². The van der Waals surface area contributed by atoms with Crippen LogP contribution in [0, 0.1) is 6.92 Å². The van der Waals surface area contributed by atoms with Gasteiger partial charge in [0.15, 0.2) is 5.82 Å². The lowest BCUT2D eigenvalue weighted by Gasteiger charge is -2.13. The molecule has 0 aliphatic rings. The fourth-order valence-electron chi connectivity index (χ4n) is 2.36. The zero-order chi connectivity index (χ0) is 19.6. The Hall–Kier alpha value is -2.03. The van der Waals surface area contributed by atoms with E-state index in [4.69, 9.17) is 17.4 Å². The maximum Gasteiger partial charge on any atom is 0.237 e. The van der Waals surface area contributed by atoms with E-state index in [1.165, 1.54) is 16.4 Å². The normalized spacial score (nSPS) is 12.0. The van der Waals surface area contributed by atoms with Crippen molar-refractivity contribution in [2.24, 2.45) is 0 Å². The largest absolute Gasteiger partial charge is 0.335 e. The maximum atomic E-state index is 12.5. The van der Waals surface area contributed by atoms with Crippen LogP contribution >= 0.6 is 39.3 Å². The highest BCUT2D eigenvalue weighted by Gasteiger charge is 2.21. The van der Waals surface area contributed by atoms with Gasteiger partial charge in [-0.25, -0.2) is 4.68 Å². The SMILES string of the molecule is Cc1ccc(Cl)cc1NC(=O)C(C)Sc1nnc(-c2ccccc2Br)n1N. The van der Waals surface area contributed by atoms with Gasteiger partial charge in [0, 0.05) is 20.7 Å². The Kier molecular flexibility index (Phi) is 6.08. The molecule has 1 heterocycles. The molecule has 3 aromatic rings. The Morgan fingerprint density at radius 2 is 2.04 bits per heavy atom. The molecule has 9 heteroatoms. The smallest absolute Gasteiger partial charge is 0.237 e. The van der Waals surface area contributed by atoms with Crippen LogP contribution in [0.2, 0.25) is 5.02 Å². The summed E-state index contributed by atoms with van der Waals surface area (Å²) < 4.78 is 2.25. The van der Waals surface area contributed by atoms with Crippen LogP contribution in [0.1, 0.15) is 12.5 Å². The minimum absolute atomic E-state index is 0.171. The molecule has 0 spiro atoms. The van der Waals surface area contributed by atoms with Crippen molar-refractivity contribution in [3.8, 4) is 11.4 Å². The van der Waals surface area contributed by atoms with E-state index < -0.39 is 5.25 Å². The lowest BCUT2D eigenvalue weighted by molar-refractivity contribution is -0.115. The molecule has 0 fully saturated rings. The van der Waals surface area contributed by atoms with Gasteiger partial charge < -0.3 is 11.2 Å². The van der Waals surface area contributed by atoms with Crippen LogP contribution in [-0.2, 0) is 4.79 Å². The molecule has 0 bridgehead atoms. The third-order valence-corrected chi connectivity index (χ3v) is 5.87. The van der Waals surface area contributed by atoms with Crippen molar-refractivity contribution < 1.29 is 4.79 Å². The lowest BCUT2D eigenvalue weighted by Crippen LogP contribution is -2.24. The average molecular weight is 467 g/mol. The van der Waals surface area contributed by atoms with E-state index in [9.17, 15) is 4.79 Å². The predicted molar refractivity (Wildman–Crippen MR) is 113 cm³/mol. The summed E-state index contributed by atoms with van der Waals surface area (Å²) in [6.45, 7) is 3.69. The van der Waals surface area contributed by atoms with E-state index >= 15 is 0 Å². The van der Waals surface area contributed by atoms with E-state index in [2.05, 4.69) is 31.4 Å². The number of anilines is 1. The Balaban J connectivity index is 1.75. The highest BCUT2D eigenvalue weighted by atomic mass is 79.9. The number of aromatic nitrogens is 3. The number of aryl methyl sites for hydroxylation is 1. The van der Waals surface area contributed by atoms with E-state index in [0.29, 0.717) is 21.7 Å². The van der Waals surface area contributed by atoms with Gasteiger partial charge in [0.1, 0.15) is 0 Å². The summed E-state index contributed by atoms with van der Waals surface area (Å²) in [5, 5.41) is 11.8. The zero-order valence-corrected chi connectivity index (χ0v) is 17.8. The molecular weight excluding hydrogens is 450 g/mol. The number of nitrogens with zero attached hydrogens (tertiary/aromatic N) is 3. The van der Waals surface area contributed by atoms with Crippen LogP contribution in [-0.4, -0.2) is 26.0 Å². The van der Waals surface area contributed by atoms with Crippen LogP contribution in [0.5, 0.6) is 0 Å². The van der Waals surface area contributed by atoms with Gasteiger partial charge in [0.05, 0.1) is 5.25 Å². The van der Waals surface area contributed by atoms with E-state index in [1.54, 1.807) is 19.1 Å². The third kappa shape index (κ3) is 4.45. The number of benzene rings is 2. The minimum Gasteiger partial charge on any atom is -0.335 e. The second kappa shape index (κ2) is 8.33. The number of halogens is 2. The molecule has 0 saturated heterocycles. The first-order valence-electron chi connectivity index (χ1n) is 8.06. The summed E-state index contributed by atoms with van der Waals surface area (Å²) in [6.07, 6.45) is 0. The molecule has 27 heavy (non-hydrogen) atoms. The first kappa shape index (κ1) is 19.7. The van der Waals surface area contributed by atoms with Gasteiger partial charge in [-0.3, -0.25) is 4.79 Å². The number of thioether (sulfide) groups is 1. The monoisotopic (exact) mass is 465 g/mol. The summed E-state index contributed by atoms with van der Waals surface area (Å²) in [7, 11) is 0. The van der Waals surface area contributed by atoms with Gasteiger partial charge in [-0.1, -0.05) is 57.5 Å². The fourth-order valence-corrected chi connectivity index (χ4v) is 3.76. The number of rotatable bonds is 5. The highest BCUT2D eigenvalue weighted by Crippen LogP contribution is 2.29. The molecule has 1 atom stereocenters. The van der Waals surface area contributed by atoms with Crippen molar-refractivity contribution in [3.05, 3.63) is 57.5 Å². The summed E-state index contributed by atoms with van der Waals surface area (Å²) in [4.78, 5) is 12.5. The van der Waals surface area contributed by atoms with E-state index in [0.717, 1.165) is 15.6 Å². The first-order chi connectivity index (χ1) is 12.9. The van der Waals surface area contributed by atoms with Crippen LogP contribution in [0.4, 0.5) is 5.69 Å². The second-order valence-electron chi connectivity index (χ2n) is 5.86. The number of nitrogen functional groups attached to an aromatic ring is 1. The van der Waals surface area contributed by atoms with Gasteiger partial charge in [-0.2, -0.15) is 0 Å². The standard InChI is InChI=1S/C18H17BrClN5OS/c1-10-7-8-12(20)9-15(10)22-17(26)11(2)27-18-24-23-16(25(18)21)13-5-3-4-6-14(13)19/h3-9,11H,21H2,1-2H3,(H,22,26). The van der Waals surface area contributed by atoms with Crippen molar-refractivity contribution in [2.75, 3.05) is 11.2 Å². The van der Waals surface area contributed by atoms with Crippen LogP contribution in [0.3, 0.4) is 0 Å². The van der Waals surface area contributed by atoms with Crippen LogP contribution in [0.25, 0.3) is 11.4 Å². The topological polar surface area (TPSA) is 85.8 Å². The molecule has 6 nitrogen and oxygen atoms in total. The molecule has 1 unspecified atom stereocenters. The Morgan fingerprint density at radius 1 is 1.30 bits per heavy atom. The molecular formula is C18H17BrClN5OS. The number of nitrogens with two attached hydrogens (primary N) is 1. The summed E-state index contributed by atoms with van der Waals surface area (Å²) in [5.41, 5.74) is 2.44. The van der Waals surface area contributed by atoms with Crippen molar-refractivity contribution in [1.29, 1.82) is 0 Å². The number of hydrogen-bond acceptors (Lipinski definition) is 5. The number of carbonyl (C=O) groups is 1. The van der Waals surface area contributed by atoms with Gasteiger partial charge in [-0.05, 0) is 43.7 Å². The number of carbonyl (C=O) groups excluding carboxylic acids is 1. The van der Waals surface area contributed by atoms with Gasteiger partial charge in [0.25, 0.3) is 0 Å². The molecule has 140 valence electrons. The molecule has 3 N–H and O–H groups in total. The number of amides is 1. The van der Waals surface area contributed by atoms with E-state index in [1.807, 2.05) is 37.3 Å². The molecule has 0 saturated carbocycles.